The van der Waals surface area contributed by atoms with Crippen LogP contribution in [0.25, 0.3) is 0 Å². The van der Waals surface area contributed by atoms with Crippen molar-refractivity contribution in [2.24, 2.45) is 0 Å². The molecule has 0 aliphatic heterocycles. The van der Waals surface area contributed by atoms with Crippen LogP contribution in [-0.4, -0.2) is 64.4 Å². The van der Waals surface area contributed by atoms with Crippen LogP contribution in [0, 0.1) is 0 Å². The molecule has 0 fully saturated rings. The Morgan fingerprint density at radius 2 is 1.61 bits per heavy atom. The molecule has 0 unspecified atom stereocenters. The van der Waals surface area contributed by atoms with Crippen molar-refractivity contribution < 1.29 is 34.7 Å². The Kier molecular flexibility index (Phi) is 12.5. The minimum atomic E-state index is -3.68. The van der Waals surface area contributed by atoms with Gasteiger partial charge in [0.1, 0.15) is 19.0 Å². The molecule has 14 heteroatoms. The molecular weight excluding hydrogens is 512 g/mol. The molecule has 1 N–H and O–H groups in total. The van der Waals surface area contributed by atoms with Crippen molar-refractivity contribution in [2.45, 2.75) is 51.1 Å². The maximum Gasteiger partial charge on any atom is 0.264 e. The molecule has 10 nitrogen and oxygen atoms in total. The van der Waals surface area contributed by atoms with Crippen molar-refractivity contribution in [3.8, 4) is 5.75 Å². The lowest BCUT2D eigenvalue weighted by Gasteiger charge is -2.21. The smallest absolute Gasteiger partial charge is 0.264 e. The molecule has 0 aliphatic carbocycles. The standard InChI is InChI=1S/C19H32N2O8S4/c1-19(2,31-30-3)8-7-18(22)20-9-6-10-27-17-11-15(13-28-32(4,23)24)21-16(12-17)14-29-33(5,25)26/h11-12H,6-10,13-14H2,1-5H3,(H,20,22). The number of nitrogens with one attached hydrogen (secondary N) is 1. The maximum atomic E-state index is 12.0. The predicted octanol–water partition coefficient (Wildman–Crippen LogP) is 2.49. The Morgan fingerprint density at radius 3 is 2.09 bits per heavy atom. The first kappa shape index (κ1) is 30.0. The van der Waals surface area contributed by atoms with Crippen molar-refractivity contribution in [3.63, 3.8) is 0 Å². The van der Waals surface area contributed by atoms with E-state index in [4.69, 9.17) is 13.1 Å². The zero-order valence-corrected chi connectivity index (χ0v) is 22.7. The van der Waals surface area contributed by atoms with Gasteiger partial charge in [0.15, 0.2) is 0 Å². The van der Waals surface area contributed by atoms with Crippen LogP contribution in [0.5, 0.6) is 5.75 Å². The third-order valence-corrected chi connectivity index (χ3v) is 7.69. The molecule has 0 atom stereocenters. The van der Waals surface area contributed by atoms with Gasteiger partial charge in [-0.1, -0.05) is 21.6 Å². The molecule has 0 saturated heterocycles. The van der Waals surface area contributed by atoms with Crippen molar-refractivity contribution in [1.82, 2.24) is 10.3 Å². The number of carbonyl (C=O) groups excluding carboxylic acids is 1. The van der Waals surface area contributed by atoms with E-state index in [2.05, 4.69) is 24.1 Å². The number of hydrogen-bond donors (Lipinski definition) is 1. The van der Waals surface area contributed by atoms with Crippen molar-refractivity contribution in [1.29, 1.82) is 0 Å². The average molecular weight is 545 g/mol. The summed E-state index contributed by atoms with van der Waals surface area (Å²) in [6, 6.07) is 3.00. The number of aromatic nitrogens is 1. The summed E-state index contributed by atoms with van der Waals surface area (Å²) in [5, 5.41) is 2.86. The highest BCUT2D eigenvalue weighted by Gasteiger charge is 2.19. The lowest BCUT2D eigenvalue weighted by Crippen LogP contribution is -2.27. The number of pyridine rings is 1. The van der Waals surface area contributed by atoms with Gasteiger partial charge in [-0.3, -0.25) is 18.1 Å². The fourth-order valence-electron chi connectivity index (χ4n) is 2.45. The highest BCUT2D eigenvalue weighted by Crippen LogP contribution is 2.36. The van der Waals surface area contributed by atoms with E-state index >= 15 is 0 Å². The van der Waals surface area contributed by atoms with E-state index in [-0.39, 0.29) is 41.9 Å². The summed E-state index contributed by atoms with van der Waals surface area (Å²) in [5.41, 5.74) is 0.480. The predicted molar refractivity (Wildman–Crippen MR) is 131 cm³/mol. The molecule has 0 bridgehead atoms. The van der Waals surface area contributed by atoms with Crippen LogP contribution in [0.3, 0.4) is 0 Å². The highest BCUT2D eigenvalue weighted by molar-refractivity contribution is 8.76. The van der Waals surface area contributed by atoms with Crippen LogP contribution in [-0.2, 0) is 46.6 Å². The second-order valence-electron chi connectivity index (χ2n) is 7.78. The van der Waals surface area contributed by atoms with E-state index in [0.717, 1.165) is 18.9 Å². The minimum absolute atomic E-state index is 0.0193. The molecule has 1 rings (SSSR count). The Morgan fingerprint density at radius 1 is 1.06 bits per heavy atom. The molecule has 0 aromatic carbocycles. The molecule has 0 saturated carbocycles. The number of nitrogens with zero attached hydrogens (tertiary/aromatic N) is 1. The highest BCUT2D eigenvalue weighted by atomic mass is 33.1. The van der Waals surface area contributed by atoms with Gasteiger partial charge in [-0.2, -0.15) is 16.8 Å². The Balaban J connectivity index is 2.58. The third-order valence-electron chi connectivity index (χ3n) is 3.92. The van der Waals surface area contributed by atoms with E-state index in [1.807, 2.05) is 6.26 Å². The SMILES string of the molecule is CSSC(C)(C)CCC(=O)NCCCOc1cc(COS(C)(=O)=O)nc(COS(C)(=O)=O)c1. The first-order chi connectivity index (χ1) is 15.2. The molecule has 0 aliphatic rings. The van der Waals surface area contributed by atoms with Gasteiger partial charge in [-0.15, -0.1) is 0 Å². The number of hydrogen-bond acceptors (Lipinski definition) is 11. The second-order valence-corrected chi connectivity index (χ2v) is 14.2. The fourth-order valence-corrected chi connectivity index (χ4v) is 5.36. The summed E-state index contributed by atoms with van der Waals surface area (Å²) in [6.07, 6.45) is 5.60. The summed E-state index contributed by atoms with van der Waals surface area (Å²) in [4.78, 5) is 16.2. The molecule has 1 heterocycles. The summed E-state index contributed by atoms with van der Waals surface area (Å²) in [5.74, 6) is 0.334. The van der Waals surface area contributed by atoms with Crippen LogP contribution < -0.4 is 10.1 Å². The molecule has 0 radical (unpaired) electrons. The van der Waals surface area contributed by atoms with Crippen molar-refractivity contribution in [2.75, 3.05) is 31.9 Å². The Bertz CT molecular complexity index is 927. The number of amides is 1. The van der Waals surface area contributed by atoms with Crippen LogP contribution in [0.4, 0.5) is 0 Å². The fraction of sp³-hybridized carbons (Fsp3) is 0.684. The normalized spacial score (nSPS) is 12.5. The molecule has 0 spiro atoms. The lowest BCUT2D eigenvalue weighted by atomic mass is 10.1. The summed E-state index contributed by atoms with van der Waals surface area (Å²) >= 11 is 0. The molecule has 1 aromatic heterocycles. The van der Waals surface area contributed by atoms with Gasteiger partial charge in [0.05, 0.1) is 30.5 Å². The largest absolute Gasteiger partial charge is 0.493 e. The number of rotatable bonds is 16. The van der Waals surface area contributed by atoms with E-state index in [1.54, 1.807) is 21.6 Å². The van der Waals surface area contributed by atoms with Gasteiger partial charge in [0, 0.05) is 29.8 Å². The van der Waals surface area contributed by atoms with E-state index in [0.29, 0.717) is 25.1 Å². The third kappa shape index (κ3) is 15.5. The number of ether oxygens (including phenoxy) is 1. The van der Waals surface area contributed by atoms with Crippen molar-refractivity contribution >= 4 is 47.7 Å². The van der Waals surface area contributed by atoms with Gasteiger partial charge < -0.3 is 10.1 Å². The van der Waals surface area contributed by atoms with Gasteiger partial charge in [-0.25, -0.2) is 0 Å². The minimum Gasteiger partial charge on any atom is -0.493 e. The van der Waals surface area contributed by atoms with E-state index in [1.165, 1.54) is 12.1 Å². The van der Waals surface area contributed by atoms with Gasteiger partial charge in [-0.05, 0) is 32.9 Å². The van der Waals surface area contributed by atoms with Crippen LogP contribution in [0.1, 0.15) is 44.5 Å². The van der Waals surface area contributed by atoms with Gasteiger partial charge in [0.2, 0.25) is 5.91 Å². The van der Waals surface area contributed by atoms with Crippen LogP contribution >= 0.6 is 21.6 Å². The van der Waals surface area contributed by atoms with E-state index in [9.17, 15) is 21.6 Å². The summed E-state index contributed by atoms with van der Waals surface area (Å²) < 4.78 is 60.2. The van der Waals surface area contributed by atoms with Crippen LogP contribution in [0.2, 0.25) is 0 Å². The summed E-state index contributed by atoms with van der Waals surface area (Å²) in [7, 11) is -3.94. The van der Waals surface area contributed by atoms with E-state index < -0.39 is 20.2 Å². The Hall–Kier alpha value is -1.06. The van der Waals surface area contributed by atoms with Crippen LogP contribution in [0.15, 0.2) is 12.1 Å². The maximum absolute atomic E-state index is 12.0. The molecule has 190 valence electrons. The lowest BCUT2D eigenvalue weighted by molar-refractivity contribution is -0.121. The molecular formula is C19H32N2O8S4. The zero-order valence-electron chi connectivity index (χ0n) is 19.5. The van der Waals surface area contributed by atoms with Gasteiger partial charge >= 0.3 is 0 Å². The van der Waals surface area contributed by atoms with Gasteiger partial charge in [0.25, 0.3) is 20.2 Å². The quantitative estimate of drug-likeness (QED) is 0.187. The first-order valence-corrected chi connectivity index (χ1v) is 16.2. The topological polar surface area (TPSA) is 138 Å². The van der Waals surface area contributed by atoms with Crippen molar-refractivity contribution in [3.05, 3.63) is 23.5 Å². The zero-order chi connectivity index (χ0) is 25.1. The molecule has 33 heavy (non-hydrogen) atoms. The monoisotopic (exact) mass is 544 g/mol. The molecule has 1 aromatic rings. The average Bonchev–Trinajstić information content (AvgIpc) is 2.68. The first-order valence-electron chi connectivity index (χ1n) is 9.99. The Labute approximate surface area is 204 Å². The number of carbonyl (C=O) groups is 1. The second kappa shape index (κ2) is 13.7. The molecule has 1 amide bonds. The summed E-state index contributed by atoms with van der Waals surface area (Å²) in [6.45, 7) is 4.26.